The van der Waals surface area contributed by atoms with Crippen LogP contribution in [0.15, 0.2) is 36.4 Å². The molecule has 0 radical (unpaired) electrons. The Morgan fingerprint density at radius 3 is 1.97 bits per heavy atom. The lowest BCUT2D eigenvalue weighted by Crippen LogP contribution is -2.34. The zero-order chi connectivity index (χ0) is 21.9. The van der Waals surface area contributed by atoms with Crippen LogP contribution in [0, 0.1) is 0 Å². The van der Waals surface area contributed by atoms with Gasteiger partial charge >= 0.3 is 0 Å². The summed E-state index contributed by atoms with van der Waals surface area (Å²) in [5.41, 5.74) is 2.29. The van der Waals surface area contributed by atoms with Crippen molar-refractivity contribution in [1.29, 1.82) is 0 Å². The molecule has 0 aliphatic heterocycles. The van der Waals surface area contributed by atoms with Crippen LogP contribution >= 0.6 is 0 Å². The number of hydrogen-bond acceptors (Lipinski definition) is 6. The summed E-state index contributed by atoms with van der Waals surface area (Å²) in [6.07, 6.45) is 2.03. The number of nitrogens with one attached hydrogen (secondary N) is 1. The van der Waals surface area contributed by atoms with E-state index in [4.69, 9.17) is 18.9 Å². The molecule has 0 aliphatic rings. The average molecular weight is 417 g/mol. The van der Waals surface area contributed by atoms with Crippen LogP contribution in [0.25, 0.3) is 0 Å². The molecule has 0 aliphatic carbocycles. The minimum atomic E-state index is 0.492. The van der Waals surface area contributed by atoms with Gasteiger partial charge in [0.05, 0.1) is 28.4 Å². The average Bonchev–Trinajstić information content (AvgIpc) is 2.77. The Bertz CT molecular complexity index is 780. The molecular weight excluding hydrogens is 380 g/mol. The molecule has 30 heavy (non-hydrogen) atoms. The van der Waals surface area contributed by atoms with Crippen molar-refractivity contribution in [2.75, 3.05) is 53.4 Å². The number of anilines is 1. The van der Waals surface area contributed by atoms with Gasteiger partial charge in [-0.3, -0.25) is 0 Å². The van der Waals surface area contributed by atoms with Gasteiger partial charge < -0.3 is 29.2 Å². The van der Waals surface area contributed by atoms with E-state index in [0.717, 1.165) is 61.2 Å². The van der Waals surface area contributed by atoms with E-state index in [-0.39, 0.29) is 0 Å². The summed E-state index contributed by atoms with van der Waals surface area (Å²) in [5, 5.41) is 3.47. The molecule has 0 saturated heterocycles. The maximum Gasteiger partial charge on any atom is 0.162 e. The molecule has 0 spiro atoms. The first-order valence-corrected chi connectivity index (χ1v) is 10.4. The molecule has 1 N–H and O–H groups in total. The van der Waals surface area contributed by atoms with Crippen molar-refractivity contribution in [3.8, 4) is 23.0 Å². The highest BCUT2D eigenvalue weighted by atomic mass is 16.5. The summed E-state index contributed by atoms with van der Waals surface area (Å²) in [7, 11) is 6.63. The van der Waals surface area contributed by atoms with E-state index in [0.29, 0.717) is 6.04 Å². The maximum absolute atomic E-state index is 5.42. The van der Waals surface area contributed by atoms with Crippen molar-refractivity contribution < 1.29 is 18.9 Å². The Kier molecular flexibility index (Phi) is 9.61. The van der Waals surface area contributed by atoms with Gasteiger partial charge in [-0.15, -0.1) is 0 Å². The van der Waals surface area contributed by atoms with Crippen LogP contribution in [-0.2, 0) is 6.42 Å². The molecule has 166 valence electrons. The Labute approximate surface area is 181 Å². The van der Waals surface area contributed by atoms with Crippen molar-refractivity contribution in [3.05, 3.63) is 42.0 Å². The standard InChI is InChI=1S/C24H36N2O4/c1-18(2)26(15-12-19-8-10-21(27-3)23(16-19)29-5)14-7-13-25-20-9-11-22(28-4)24(17-20)30-6/h8-11,16-18,25H,7,12-15H2,1-6H3. The topological polar surface area (TPSA) is 52.2 Å². The molecule has 6 nitrogen and oxygen atoms in total. The second-order valence-corrected chi connectivity index (χ2v) is 7.42. The van der Waals surface area contributed by atoms with E-state index in [1.54, 1.807) is 28.4 Å². The molecule has 0 atom stereocenters. The number of hydrogen-bond donors (Lipinski definition) is 1. The van der Waals surface area contributed by atoms with Crippen LogP contribution in [0.5, 0.6) is 23.0 Å². The van der Waals surface area contributed by atoms with Gasteiger partial charge in [-0.25, -0.2) is 0 Å². The summed E-state index contributed by atoms with van der Waals surface area (Å²) in [4.78, 5) is 2.51. The first-order chi connectivity index (χ1) is 14.5. The van der Waals surface area contributed by atoms with Crippen LogP contribution in [-0.4, -0.2) is 59.0 Å². The molecule has 0 bridgehead atoms. The Hall–Kier alpha value is -2.60. The van der Waals surface area contributed by atoms with Crippen LogP contribution in [0.4, 0.5) is 5.69 Å². The van der Waals surface area contributed by atoms with E-state index in [1.807, 2.05) is 24.3 Å². The summed E-state index contributed by atoms with van der Waals surface area (Å²) >= 11 is 0. The summed E-state index contributed by atoms with van der Waals surface area (Å²) < 4.78 is 21.4. The number of methoxy groups -OCH3 is 4. The normalized spacial score (nSPS) is 10.9. The van der Waals surface area contributed by atoms with Gasteiger partial charge in [-0.1, -0.05) is 6.07 Å². The summed E-state index contributed by atoms with van der Waals surface area (Å²) in [6, 6.07) is 12.5. The second kappa shape index (κ2) is 12.2. The molecule has 2 aromatic rings. The summed E-state index contributed by atoms with van der Waals surface area (Å²) in [5.74, 6) is 3.03. The molecule has 0 unspecified atom stereocenters. The van der Waals surface area contributed by atoms with E-state index in [2.05, 4.69) is 36.2 Å². The molecule has 0 amide bonds. The minimum absolute atomic E-state index is 0.492. The van der Waals surface area contributed by atoms with Crippen molar-refractivity contribution in [2.24, 2.45) is 0 Å². The smallest absolute Gasteiger partial charge is 0.162 e. The van der Waals surface area contributed by atoms with Crippen LogP contribution < -0.4 is 24.3 Å². The number of ether oxygens (including phenoxy) is 4. The molecule has 0 aromatic heterocycles. The molecular formula is C24H36N2O4. The zero-order valence-corrected chi connectivity index (χ0v) is 19.2. The molecule has 0 heterocycles. The number of nitrogens with zero attached hydrogens (tertiary/aromatic N) is 1. The van der Waals surface area contributed by atoms with Gasteiger partial charge in [0.2, 0.25) is 0 Å². The highest BCUT2D eigenvalue weighted by molar-refractivity contribution is 5.54. The van der Waals surface area contributed by atoms with Gasteiger partial charge in [0.25, 0.3) is 0 Å². The second-order valence-electron chi connectivity index (χ2n) is 7.42. The fourth-order valence-electron chi connectivity index (χ4n) is 3.40. The quantitative estimate of drug-likeness (QED) is 0.486. The largest absolute Gasteiger partial charge is 0.493 e. The third-order valence-electron chi connectivity index (χ3n) is 5.20. The van der Waals surface area contributed by atoms with Crippen molar-refractivity contribution in [2.45, 2.75) is 32.7 Å². The fourth-order valence-corrected chi connectivity index (χ4v) is 3.40. The lowest BCUT2D eigenvalue weighted by atomic mass is 10.1. The molecule has 0 fully saturated rings. The Morgan fingerprint density at radius 1 is 0.767 bits per heavy atom. The van der Waals surface area contributed by atoms with Crippen LogP contribution in [0.2, 0.25) is 0 Å². The van der Waals surface area contributed by atoms with Crippen molar-refractivity contribution in [1.82, 2.24) is 4.90 Å². The van der Waals surface area contributed by atoms with Crippen molar-refractivity contribution >= 4 is 5.69 Å². The SMILES string of the molecule is COc1ccc(CCN(CCCNc2ccc(OC)c(OC)c2)C(C)C)cc1OC. The van der Waals surface area contributed by atoms with Crippen LogP contribution in [0.3, 0.4) is 0 Å². The monoisotopic (exact) mass is 416 g/mol. The predicted octanol–water partition coefficient (Wildman–Crippen LogP) is 4.48. The van der Waals surface area contributed by atoms with E-state index >= 15 is 0 Å². The molecule has 6 heteroatoms. The van der Waals surface area contributed by atoms with Gasteiger partial charge in [-0.2, -0.15) is 0 Å². The molecule has 2 aromatic carbocycles. The lowest BCUT2D eigenvalue weighted by Gasteiger charge is -2.26. The Morgan fingerprint density at radius 2 is 1.37 bits per heavy atom. The third-order valence-corrected chi connectivity index (χ3v) is 5.20. The van der Waals surface area contributed by atoms with E-state index in [9.17, 15) is 0 Å². The van der Waals surface area contributed by atoms with Gasteiger partial charge in [0.1, 0.15) is 0 Å². The first kappa shape index (κ1) is 23.7. The van der Waals surface area contributed by atoms with Gasteiger partial charge in [0, 0.05) is 37.4 Å². The third kappa shape index (κ3) is 6.73. The first-order valence-electron chi connectivity index (χ1n) is 10.4. The molecule has 0 saturated carbocycles. The predicted molar refractivity (Wildman–Crippen MR) is 123 cm³/mol. The zero-order valence-electron chi connectivity index (χ0n) is 19.2. The van der Waals surface area contributed by atoms with Crippen molar-refractivity contribution in [3.63, 3.8) is 0 Å². The highest BCUT2D eigenvalue weighted by Gasteiger charge is 2.11. The van der Waals surface area contributed by atoms with E-state index < -0.39 is 0 Å². The number of rotatable bonds is 13. The minimum Gasteiger partial charge on any atom is -0.493 e. The van der Waals surface area contributed by atoms with E-state index in [1.165, 1.54) is 5.56 Å². The molecule has 2 rings (SSSR count). The van der Waals surface area contributed by atoms with Gasteiger partial charge in [-0.05, 0) is 56.5 Å². The fraction of sp³-hybridized carbons (Fsp3) is 0.500. The number of benzene rings is 2. The lowest BCUT2D eigenvalue weighted by molar-refractivity contribution is 0.223. The summed E-state index contributed by atoms with van der Waals surface area (Å²) in [6.45, 7) is 7.43. The van der Waals surface area contributed by atoms with Crippen LogP contribution in [0.1, 0.15) is 25.8 Å². The highest BCUT2D eigenvalue weighted by Crippen LogP contribution is 2.30. The Balaban J connectivity index is 1.83. The van der Waals surface area contributed by atoms with Gasteiger partial charge in [0.15, 0.2) is 23.0 Å². The maximum atomic E-state index is 5.42.